The molecule has 0 bridgehead atoms. The van der Waals surface area contributed by atoms with Crippen LogP contribution < -0.4 is 5.73 Å². The van der Waals surface area contributed by atoms with Crippen LogP contribution in [0, 0.1) is 13.8 Å². The lowest BCUT2D eigenvalue weighted by atomic mass is 9.95. The molecule has 0 heterocycles. The summed E-state index contributed by atoms with van der Waals surface area (Å²) in [6.07, 6.45) is 0. The third kappa shape index (κ3) is 2.40. The summed E-state index contributed by atoms with van der Waals surface area (Å²) < 4.78 is 0. The van der Waals surface area contributed by atoms with Crippen molar-refractivity contribution in [2.45, 2.75) is 26.8 Å². The van der Waals surface area contributed by atoms with Crippen LogP contribution in [0.2, 0.25) is 0 Å². The number of nitrogens with two attached hydrogens (primary N) is 1. The molecular weight excluding hydrogens is 206 g/mol. The Bertz CT molecular complexity index is 527. The first-order valence-electron chi connectivity index (χ1n) is 6.01. The van der Waals surface area contributed by atoms with E-state index in [1.807, 2.05) is 6.92 Å². The molecule has 2 aromatic carbocycles. The van der Waals surface area contributed by atoms with Gasteiger partial charge in [-0.15, -0.1) is 0 Å². The average molecular weight is 225 g/mol. The Morgan fingerprint density at radius 2 is 1.71 bits per heavy atom. The summed E-state index contributed by atoms with van der Waals surface area (Å²) in [6, 6.07) is 15.0. The zero-order valence-electron chi connectivity index (χ0n) is 10.7. The minimum absolute atomic E-state index is 0.0834. The molecule has 1 nitrogen and oxygen atoms in total. The highest BCUT2D eigenvalue weighted by Crippen LogP contribution is 2.27. The Hall–Kier alpha value is -1.60. The smallest absolute Gasteiger partial charge is 0.0266 e. The monoisotopic (exact) mass is 225 g/mol. The fourth-order valence-electron chi connectivity index (χ4n) is 2.05. The SMILES string of the molecule is Cc1cccc(-c2cccc(C(C)N)c2)c1C. The van der Waals surface area contributed by atoms with Gasteiger partial charge in [0.05, 0.1) is 0 Å². The highest BCUT2D eigenvalue weighted by molar-refractivity contribution is 5.69. The molecule has 0 radical (unpaired) electrons. The van der Waals surface area contributed by atoms with Crippen molar-refractivity contribution in [1.29, 1.82) is 0 Å². The molecule has 0 spiro atoms. The van der Waals surface area contributed by atoms with E-state index in [-0.39, 0.29) is 6.04 Å². The first kappa shape index (κ1) is 11.9. The van der Waals surface area contributed by atoms with Gasteiger partial charge >= 0.3 is 0 Å². The summed E-state index contributed by atoms with van der Waals surface area (Å²) >= 11 is 0. The molecule has 0 aliphatic carbocycles. The van der Waals surface area contributed by atoms with Gasteiger partial charge in [-0.05, 0) is 54.7 Å². The maximum atomic E-state index is 5.93. The second-order valence-corrected chi connectivity index (χ2v) is 4.66. The van der Waals surface area contributed by atoms with E-state index in [0.717, 1.165) is 0 Å². The molecule has 88 valence electrons. The van der Waals surface area contributed by atoms with Gasteiger partial charge in [-0.25, -0.2) is 0 Å². The number of benzene rings is 2. The second kappa shape index (κ2) is 4.72. The Kier molecular flexibility index (Phi) is 3.30. The van der Waals surface area contributed by atoms with E-state index in [9.17, 15) is 0 Å². The Morgan fingerprint density at radius 1 is 1.00 bits per heavy atom. The van der Waals surface area contributed by atoms with Gasteiger partial charge in [0, 0.05) is 6.04 Å². The van der Waals surface area contributed by atoms with E-state index < -0.39 is 0 Å². The largest absolute Gasteiger partial charge is 0.324 e. The van der Waals surface area contributed by atoms with Crippen molar-refractivity contribution < 1.29 is 0 Å². The first-order chi connectivity index (χ1) is 8.09. The van der Waals surface area contributed by atoms with Crippen LogP contribution in [-0.2, 0) is 0 Å². The maximum Gasteiger partial charge on any atom is 0.0266 e. The number of aryl methyl sites for hydroxylation is 1. The molecule has 0 aliphatic heterocycles. The van der Waals surface area contributed by atoms with Crippen LogP contribution in [0.5, 0.6) is 0 Å². The summed E-state index contributed by atoms with van der Waals surface area (Å²) in [7, 11) is 0. The second-order valence-electron chi connectivity index (χ2n) is 4.66. The van der Waals surface area contributed by atoms with Crippen molar-refractivity contribution in [2.24, 2.45) is 5.73 Å². The molecule has 0 saturated heterocycles. The van der Waals surface area contributed by atoms with Gasteiger partial charge in [-0.3, -0.25) is 0 Å². The summed E-state index contributed by atoms with van der Waals surface area (Å²) in [5, 5.41) is 0. The molecule has 2 rings (SSSR count). The third-order valence-corrected chi connectivity index (χ3v) is 3.33. The minimum Gasteiger partial charge on any atom is -0.324 e. The topological polar surface area (TPSA) is 26.0 Å². The first-order valence-corrected chi connectivity index (χ1v) is 6.01. The van der Waals surface area contributed by atoms with E-state index in [1.165, 1.54) is 27.8 Å². The summed E-state index contributed by atoms with van der Waals surface area (Å²) in [6.45, 7) is 6.33. The van der Waals surface area contributed by atoms with Gasteiger partial charge in [0.1, 0.15) is 0 Å². The zero-order chi connectivity index (χ0) is 12.4. The zero-order valence-corrected chi connectivity index (χ0v) is 10.7. The highest BCUT2D eigenvalue weighted by Gasteiger charge is 2.05. The molecule has 17 heavy (non-hydrogen) atoms. The van der Waals surface area contributed by atoms with Crippen LogP contribution in [0.3, 0.4) is 0 Å². The lowest BCUT2D eigenvalue weighted by Gasteiger charge is -2.11. The van der Waals surface area contributed by atoms with Crippen LogP contribution in [0.25, 0.3) is 11.1 Å². The Balaban J connectivity index is 2.53. The molecule has 0 aliphatic rings. The molecular formula is C16H19N. The average Bonchev–Trinajstić information content (AvgIpc) is 2.33. The molecule has 2 aromatic rings. The van der Waals surface area contributed by atoms with E-state index in [4.69, 9.17) is 5.73 Å². The van der Waals surface area contributed by atoms with Crippen molar-refractivity contribution >= 4 is 0 Å². The normalized spacial score (nSPS) is 12.5. The molecule has 0 fully saturated rings. The molecule has 1 heteroatoms. The Labute approximate surface area is 103 Å². The molecule has 0 amide bonds. The third-order valence-electron chi connectivity index (χ3n) is 3.33. The predicted octanol–water partition coefficient (Wildman–Crippen LogP) is 3.99. The fourth-order valence-corrected chi connectivity index (χ4v) is 2.05. The van der Waals surface area contributed by atoms with Crippen LogP contribution in [0.4, 0.5) is 0 Å². The van der Waals surface area contributed by atoms with E-state index >= 15 is 0 Å². The summed E-state index contributed by atoms with van der Waals surface area (Å²) in [4.78, 5) is 0. The summed E-state index contributed by atoms with van der Waals surface area (Å²) in [5.74, 6) is 0. The van der Waals surface area contributed by atoms with Crippen molar-refractivity contribution in [3.63, 3.8) is 0 Å². The number of hydrogen-bond acceptors (Lipinski definition) is 1. The van der Waals surface area contributed by atoms with Crippen molar-refractivity contribution in [1.82, 2.24) is 0 Å². The van der Waals surface area contributed by atoms with Crippen LogP contribution in [0.1, 0.15) is 29.7 Å². The van der Waals surface area contributed by atoms with Gasteiger partial charge in [0.15, 0.2) is 0 Å². The maximum absolute atomic E-state index is 5.93. The molecule has 2 N–H and O–H groups in total. The predicted molar refractivity (Wildman–Crippen MR) is 74.0 cm³/mol. The lowest BCUT2D eigenvalue weighted by molar-refractivity contribution is 0.818. The quantitative estimate of drug-likeness (QED) is 0.821. The molecule has 0 saturated carbocycles. The molecule has 1 unspecified atom stereocenters. The van der Waals surface area contributed by atoms with Gasteiger partial charge in [0.25, 0.3) is 0 Å². The number of rotatable bonds is 2. The van der Waals surface area contributed by atoms with Crippen molar-refractivity contribution in [3.8, 4) is 11.1 Å². The van der Waals surface area contributed by atoms with Crippen molar-refractivity contribution in [2.75, 3.05) is 0 Å². The van der Waals surface area contributed by atoms with E-state index in [1.54, 1.807) is 0 Å². The summed E-state index contributed by atoms with van der Waals surface area (Å²) in [5.41, 5.74) is 12.3. The minimum atomic E-state index is 0.0834. The standard InChI is InChI=1S/C16H19N/c1-11-6-4-9-16(12(11)2)15-8-5-7-14(10-15)13(3)17/h4-10,13H,17H2,1-3H3. The fraction of sp³-hybridized carbons (Fsp3) is 0.250. The van der Waals surface area contributed by atoms with Gasteiger partial charge in [-0.2, -0.15) is 0 Å². The van der Waals surface area contributed by atoms with Crippen molar-refractivity contribution in [3.05, 3.63) is 59.2 Å². The van der Waals surface area contributed by atoms with Gasteiger partial charge in [-0.1, -0.05) is 36.4 Å². The van der Waals surface area contributed by atoms with Gasteiger partial charge < -0.3 is 5.73 Å². The highest BCUT2D eigenvalue weighted by atomic mass is 14.6. The van der Waals surface area contributed by atoms with E-state index in [0.29, 0.717) is 0 Å². The lowest BCUT2D eigenvalue weighted by Crippen LogP contribution is -2.04. The Morgan fingerprint density at radius 3 is 2.41 bits per heavy atom. The van der Waals surface area contributed by atoms with Crippen LogP contribution in [-0.4, -0.2) is 0 Å². The van der Waals surface area contributed by atoms with E-state index in [2.05, 4.69) is 56.3 Å². The molecule has 0 aromatic heterocycles. The van der Waals surface area contributed by atoms with Crippen LogP contribution >= 0.6 is 0 Å². The molecule has 1 atom stereocenters. The number of hydrogen-bond donors (Lipinski definition) is 1. The van der Waals surface area contributed by atoms with Gasteiger partial charge in [0.2, 0.25) is 0 Å². The van der Waals surface area contributed by atoms with Crippen LogP contribution in [0.15, 0.2) is 42.5 Å².